The van der Waals surface area contributed by atoms with E-state index in [1.807, 2.05) is 19.1 Å². The summed E-state index contributed by atoms with van der Waals surface area (Å²) in [6, 6.07) is 10.3. The van der Waals surface area contributed by atoms with Gasteiger partial charge in [-0.2, -0.15) is 0 Å². The minimum atomic E-state index is -0.551. The van der Waals surface area contributed by atoms with Crippen LogP contribution in [0.25, 0.3) is 0 Å². The first-order chi connectivity index (χ1) is 11.9. The molecule has 2 aromatic carbocycles. The second-order valence-corrected chi connectivity index (χ2v) is 6.17. The summed E-state index contributed by atoms with van der Waals surface area (Å²) in [5.41, 5.74) is 1.53. The Balaban J connectivity index is 1.70. The Hall–Kier alpha value is -2.96. The molecule has 0 radical (unpaired) electrons. The topological polar surface area (TPSA) is 84.3 Å². The van der Waals surface area contributed by atoms with Gasteiger partial charge in [0.1, 0.15) is 11.5 Å². The van der Waals surface area contributed by atoms with Gasteiger partial charge in [0.2, 0.25) is 5.91 Å². The summed E-state index contributed by atoms with van der Waals surface area (Å²) >= 11 is 0. The van der Waals surface area contributed by atoms with Gasteiger partial charge in [-0.25, -0.2) is 4.39 Å². The quantitative estimate of drug-likeness (QED) is 0.606. The van der Waals surface area contributed by atoms with Crippen LogP contribution < -0.4 is 10.6 Å². The standard InChI is InChI=1S/C18H18FN3O3/c1-11(20-16-10-14(19)6-9-17(16)22(24)25)12-4-7-15(8-5-12)21-18(23)13-2-3-13/h4-11,13,20H,2-3H2,1H3,(H,21,23). The van der Waals surface area contributed by atoms with Gasteiger partial charge in [-0.05, 0) is 43.5 Å². The zero-order chi connectivity index (χ0) is 18.0. The Labute approximate surface area is 144 Å². The number of nitrogens with zero attached hydrogens (tertiary/aromatic N) is 1. The third-order valence-electron chi connectivity index (χ3n) is 4.15. The number of hydrogen-bond donors (Lipinski definition) is 2. The number of nitrogens with one attached hydrogen (secondary N) is 2. The summed E-state index contributed by atoms with van der Waals surface area (Å²) in [7, 11) is 0. The van der Waals surface area contributed by atoms with Crippen LogP contribution >= 0.6 is 0 Å². The van der Waals surface area contributed by atoms with Gasteiger partial charge >= 0.3 is 0 Å². The van der Waals surface area contributed by atoms with Crippen LogP contribution in [0.15, 0.2) is 42.5 Å². The number of nitro benzene ring substituents is 1. The Morgan fingerprint density at radius 1 is 1.24 bits per heavy atom. The van der Waals surface area contributed by atoms with Gasteiger partial charge in [0.15, 0.2) is 0 Å². The molecule has 6 nitrogen and oxygen atoms in total. The molecule has 0 aliphatic heterocycles. The third-order valence-corrected chi connectivity index (χ3v) is 4.15. The maximum Gasteiger partial charge on any atom is 0.292 e. The van der Waals surface area contributed by atoms with E-state index in [-0.39, 0.29) is 29.2 Å². The lowest BCUT2D eigenvalue weighted by molar-refractivity contribution is -0.384. The van der Waals surface area contributed by atoms with Gasteiger partial charge in [-0.15, -0.1) is 0 Å². The number of nitro groups is 1. The van der Waals surface area contributed by atoms with Gasteiger partial charge in [-0.1, -0.05) is 12.1 Å². The fourth-order valence-electron chi connectivity index (χ4n) is 2.54. The Kier molecular flexibility index (Phi) is 4.65. The second kappa shape index (κ2) is 6.88. The first-order valence-electron chi connectivity index (χ1n) is 8.05. The van der Waals surface area contributed by atoms with Crippen molar-refractivity contribution < 1.29 is 14.1 Å². The molecule has 0 saturated heterocycles. The highest BCUT2D eigenvalue weighted by Crippen LogP contribution is 2.31. The van der Waals surface area contributed by atoms with Crippen LogP contribution in [0.1, 0.15) is 31.4 Å². The van der Waals surface area contributed by atoms with Gasteiger partial charge in [0.05, 0.1) is 4.92 Å². The van der Waals surface area contributed by atoms with Gasteiger partial charge in [0, 0.05) is 29.8 Å². The summed E-state index contributed by atoms with van der Waals surface area (Å²) in [5.74, 6) is -0.374. The Bertz CT molecular complexity index is 804. The highest BCUT2D eigenvalue weighted by atomic mass is 19.1. The predicted molar refractivity (Wildman–Crippen MR) is 92.9 cm³/mol. The van der Waals surface area contributed by atoms with Crippen LogP contribution in [-0.2, 0) is 4.79 Å². The van der Waals surface area contributed by atoms with Crippen molar-refractivity contribution in [2.75, 3.05) is 10.6 Å². The molecule has 1 saturated carbocycles. The van der Waals surface area contributed by atoms with E-state index in [2.05, 4.69) is 10.6 Å². The zero-order valence-corrected chi connectivity index (χ0v) is 13.7. The van der Waals surface area contributed by atoms with Gasteiger partial charge < -0.3 is 10.6 Å². The third kappa shape index (κ3) is 4.12. The van der Waals surface area contributed by atoms with Crippen molar-refractivity contribution in [1.82, 2.24) is 0 Å². The van der Waals surface area contributed by atoms with Crippen molar-refractivity contribution in [3.05, 3.63) is 64.0 Å². The average Bonchev–Trinajstić information content (AvgIpc) is 3.40. The number of anilines is 2. The molecule has 1 amide bonds. The summed E-state index contributed by atoms with van der Waals surface area (Å²) in [6.45, 7) is 1.83. The number of amides is 1. The van der Waals surface area contributed by atoms with E-state index < -0.39 is 10.7 Å². The molecular weight excluding hydrogens is 325 g/mol. The minimum Gasteiger partial charge on any atom is -0.373 e. The highest BCUT2D eigenvalue weighted by Gasteiger charge is 2.29. The number of benzene rings is 2. The molecule has 130 valence electrons. The number of rotatable bonds is 6. The molecular formula is C18H18FN3O3. The lowest BCUT2D eigenvalue weighted by Gasteiger charge is -2.16. The van der Waals surface area contributed by atoms with Crippen LogP contribution in [0.4, 0.5) is 21.5 Å². The van der Waals surface area contributed by atoms with E-state index in [0.717, 1.165) is 36.6 Å². The molecule has 7 heteroatoms. The summed E-state index contributed by atoms with van der Waals surface area (Å²) in [6.07, 6.45) is 1.88. The molecule has 2 N–H and O–H groups in total. The maximum absolute atomic E-state index is 13.4. The first-order valence-corrected chi connectivity index (χ1v) is 8.05. The van der Waals surface area contributed by atoms with Crippen molar-refractivity contribution >= 4 is 23.0 Å². The molecule has 2 aromatic rings. The van der Waals surface area contributed by atoms with Crippen molar-refractivity contribution in [1.29, 1.82) is 0 Å². The fraction of sp³-hybridized carbons (Fsp3) is 0.278. The van der Waals surface area contributed by atoms with E-state index in [9.17, 15) is 19.3 Å². The fourth-order valence-corrected chi connectivity index (χ4v) is 2.54. The van der Waals surface area contributed by atoms with E-state index in [4.69, 9.17) is 0 Å². The monoisotopic (exact) mass is 343 g/mol. The van der Waals surface area contributed by atoms with Crippen molar-refractivity contribution in [3.63, 3.8) is 0 Å². The molecule has 1 aliphatic carbocycles. The predicted octanol–water partition coefficient (Wildman–Crippen LogP) is 4.26. The van der Waals surface area contributed by atoms with E-state index >= 15 is 0 Å². The van der Waals surface area contributed by atoms with Crippen LogP contribution in [-0.4, -0.2) is 10.8 Å². The first kappa shape index (κ1) is 16.9. The van der Waals surface area contributed by atoms with Gasteiger partial charge in [-0.3, -0.25) is 14.9 Å². The SMILES string of the molecule is CC(Nc1cc(F)ccc1[N+](=O)[O-])c1ccc(NC(=O)C2CC2)cc1. The zero-order valence-electron chi connectivity index (χ0n) is 13.7. The molecule has 0 aromatic heterocycles. The summed E-state index contributed by atoms with van der Waals surface area (Å²) in [5, 5.41) is 16.9. The van der Waals surface area contributed by atoms with E-state index in [1.54, 1.807) is 12.1 Å². The van der Waals surface area contributed by atoms with Crippen LogP contribution in [0.5, 0.6) is 0 Å². The maximum atomic E-state index is 13.4. The smallest absolute Gasteiger partial charge is 0.292 e. The lowest BCUT2D eigenvalue weighted by atomic mass is 10.1. The van der Waals surface area contributed by atoms with Crippen LogP contribution in [0.3, 0.4) is 0 Å². The number of carbonyl (C=O) groups is 1. The molecule has 1 atom stereocenters. The molecule has 1 aliphatic rings. The molecule has 25 heavy (non-hydrogen) atoms. The van der Waals surface area contributed by atoms with Crippen LogP contribution in [0.2, 0.25) is 0 Å². The highest BCUT2D eigenvalue weighted by molar-refractivity contribution is 5.94. The van der Waals surface area contributed by atoms with Crippen LogP contribution in [0, 0.1) is 21.8 Å². The minimum absolute atomic E-state index is 0.0364. The molecule has 0 bridgehead atoms. The van der Waals surface area contributed by atoms with Gasteiger partial charge in [0.25, 0.3) is 5.69 Å². The molecule has 0 spiro atoms. The van der Waals surface area contributed by atoms with E-state index in [1.165, 1.54) is 0 Å². The number of halogens is 1. The molecule has 1 unspecified atom stereocenters. The molecule has 1 fully saturated rings. The van der Waals surface area contributed by atoms with Crippen molar-refractivity contribution in [2.45, 2.75) is 25.8 Å². The normalized spacial score (nSPS) is 14.6. The molecule has 3 rings (SSSR count). The lowest BCUT2D eigenvalue weighted by Crippen LogP contribution is -2.13. The van der Waals surface area contributed by atoms with Crippen molar-refractivity contribution in [3.8, 4) is 0 Å². The van der Waals surface area contributed by atoms with E-state index in [0.29, 0.717) is 5.69 Å². The average molecular weight is 343 g/mol. The Morgan fingerprint density at radius 2 is 1.92 bits per heavy atom. The number of hydrogen-bond acceptors (Lipinski definition) is 4. The Morgan fingerprint density at radius 3 is 2.52 bits per heavy atom. The summed E-state index contributed by atoms with van der Waals surface area (Å²) < 4.78 is 13.4. The second-order valence-electron chi connectivity index (χ2n) is 6.17. The molecule has 0 heterocycles. The summed E-state index contributed by atoms with van der Waals surface area (Å²) in [4.78, 5) is 22.3. The van der Waals surface area contributed by atoms with Crippen molar-refractivity contribution in [2.24, 2.45) is 5.92 Å². The largest absolute Gasteiger partial charge is 0.373 e. The number of carbonyl (C=O) groups excluding carboxylic acids is 1.